The minimum absolute atomic E-state index is 0.482. The van der Waals surface area contributed by atoms with Gasteiger partial charge in [-0.3, -0.25) is 0 Å². The zero-order chi connectivity index (χ0) is 10.0. The smallest absolute Gasteiger partial charge is 0.174 e. The van der Waals surface area contributed by atoms with E-state index in [1.165, 1.54) is 0 Å². The number of aliphatic hydroxyl groups is 4. The van der Waals surface area contributed by atoms with Gasteiger partial charge in [0.2, 0.25) is 0 Å². The van der Waals surface area contributed by atoms with Crippen LogP contribution in [0.2, 0.25) is 0 Å². The van der Waals surface area contributed by atoms with E-state index in [2.05, 4.69) is 4.84 Å². The van der Waals surface area contributed by atoms with Crippen LogP contribution >= 0.6 is 11.8 Å². The van der Waals surface area contributed by atoms with Gasteiger partial charge in [0.15, 0.2) is 6.29 Å². The second kappa shape index (κ2) is 4.52. The molecule has 0 aromatic rings. The highest BCUT2D eigenvalue weighted by atomic mass is 35.5. The molecule has 78 valence electrons. The summed E-state index contributed by atoms with van der Waals surface area (Å²) in [5, 5.41) is 36.6. The number of nitrogens with one attached hydrogen (secondary N) is 1. The van der Waals surface area contributed by atoms with Crippen LogP contribution in [0.25, 0.3) is 0 Å². The lowest BCUT2D eigenvalue weighted by Gasteiger charge is -2.39. The highest BCUT2D eigenvalue weighted by Crippen LogP contribution is 2.19. The van der Waals surface area contributed by atoms with Gasteiger partial charge in [0.25, 0.3) is 0 Å². The van der Waals surface area contributed by atoms with Gasteiger partial charge in [-0.2, -0.15) is 0 Å². The molecule has 1 rings (SSSR count). The Labute approximate surface area is 79.8 Å². The van der Waals surface area contributed by atoms with E-state index in [1.54, 1.807) is 0 Å². The first-order valence-corrected chi connectivity index (χ1v) is 4.16. The fourth-order valence-electron chi connectivity index (χ4n) is 1.21. The molecule has 1 fully saturated rings. The Bertz CT molecular complexity index is 171. The van der Waals surface area contributed by atoms with Gasteiger partial charge in [-0.15, -0.1) is 0 Å². The summed E-state index contributed by atoms with van der Waals surface area (Å²) in [6, 6.07) is -0.973. The summed E-state index contributed by atoms with van der Waals surface area (Å²) < 4.78 is 4.77. The molecule has 1 heterocycles. The number of rotatable bonds is 2. The van der Waals surface area contributed by atoms with Crippen molar-refractivity contribution in [3.8, 4) is 0 Å². The van der Waals surface area contributed by atoms with Gasteiger partial charge < -0.3 is 25.2 Å². The van der Waals surface area contributed by atoms with E-state index in [0.717, 1.165) is 0 Å². The van der Waals surface area contributed by atoms with Crippen molar-refractivity contribution in [2.75, 3.05) is 6.61 Å². The lowest BCUT2D eigenvalue weighted by Crippen LogP contribution is -2.61. The first-order chi connectivity index (χ1) is 6.11. The quantitative estimate of drug-likeness (QED) is 0.326. The molecule has 0 amide bonds. The number of hydrogen-bond donors (Lipinski definition) is 5. The minimum Gasteiger partial charge on any atom is -0.394 e. The molecular weight excluding hydrogens is 202 g/mol. The van der Waals surface area contributed by atoms with Gasteiger partial charge in [0, 0.05) is 0 Å². The summed E-state index contributed by atoms with van der Waals surface area (Å²) in [6.07, 6.45) is -4.90. The van der Waals surface area contributed by atoms with Crippen molar-refractivity contribution in [3.63, 3.8) is 0 Å². The average molecular weight is 214 g/mol. The van der Waals surface area contributed by atoms with Crippen molar-refractivity contribution in [3.05, 3.63) is 0 Å². The SMILES string of the molecule is OCC1OC(O)[C@H](NCl)C(O)[C@H]1O. The molecule has 1 aliphatic heterocycles. The molecule has 0 spiro atoms. The van der Waals surface area contributed by atoms with E-state index in [4.69, 9.17) is 21.6 Å². The van der Waals surface area contributed by atoms with E-state index in [1.807, 2.05) is 0 Å². The summed E-state index contributed by atoms with van der Waals surface area (Å²) in [6.45, 7) is -0.482. The predicted octanol–water partition coefficient (Wildman–Crippen LogP) is -2.47. The van der Waals surface area contributed by atoms with Crippen LogP contribution in [0.15, 0.2) is 0 Å². The van der Waals surface area contributed by atoms with Crippen molar-refractivity contribution in [1.82, 2.24) is 4.84 Å². The van der Waals surface area contributed by atoms with Crippen molar-refractivity contribution in [2.24, 2.45) is 0 Å². The van der Waals surface area contributed by atoms with Gasteiger partial charge in [0.05, 0.1) is 6.61 Å². The number of ether oxygens (including phenoxy) is 1. The minimum atomic E-state index is -1.35. The Morgan fingerprint density at radius 1 is 1.23 bits per heavy atom. The number of halogens is 1. The van der Waals surface area contributed by atoms with E-state index in [-0.39, 0.29) is 0 Å². The van der Waals surface area contributed by atoms with Crippen molar-refractivity contribution in [2.45, 2.75) is 30.6 Å². The number of hydrogen-bond acceptors (Lipinski definition) is 6. The Balaban J connectivity index is 2.66. The van der Waals surface area contributed by atoms with E-state index < -0.39 is 37.3 Å². The second-order valence-electron chi connectivity index (χ2n) is 2.86. The van der Waals surface area contributed by atoms with Crippen LogP contribution < -0.4 is 4.84 Å². The molecule has 13 heavy (non-hydrogen) atoms. The molecule has 1 aliphatic rings. The third-order valence-corrected chi connectivity index (χ3v) is 2.28. The molecule has 6 nitrogen and oxygen atoms in total. The molecule has 5 N–H and O–H groups in total. The summed E-state index contributed by atoms with van der Waals surface area (Å²) in [5.74, 6) is 0. The first-order valence-electron chi connectivity index (χ1n) is 3.78. The Morgan fingerprint density at radius 2 is 1.85 bits per heavy atom. The monoisotopic (exact) mass is 213 g/mol. The highest BCUT2D eigenvalue weighted by molar-refractivity contribution is 6.13. The predicted molar refractivity (Wildman–Crippen MR) is 42.8 cm³/mol. The van der Waals surface area contributed by atoms with Gasteiger partial charge in [0.1, 0.15) is 24.4 Å². The van der Waals surface area contributed by atoms with E-state index in [0.29, 0.717) is 0 Å². The number of aliphatic hydroxyl groups excluding tert-OH is 4. The summed E-state index contributed by atoms with van der Waals surface area (Å²) in [7, 11) is 0. The molecule has 0 aromatic heterocycles. The fourth-order valence-corrected chi connectivity index (χ4v) is 1.45. The maximum atomic E-state index is 9.36. The average Bonchev–Trinajstić information content (AvgIpc) is 2.12. The molecular formula is C6H12ClNO5. The zero-order valence-corrected chi connectivity index (χ0v) is 7.42. The van der Waals surface area contributed by atoms with Crippen molar-refractivity contribution in [1.29, 1.82) is 0 Å². The van der Waals surface area contributed by atoms with Gasteiger partial charge in [-0.05, 0) is 11.8 Å². The third kappa shape index (κ3) is 2.10. The fraction of sp³-hybridized carbons (Fsp3) is 1.00. The molecule has 7 heteroatoms. The maximum Gasteiger partial charge on any atom is 0.174 e. The van der Waals surface area contributed by atoms with Crippen LogP contribution in [-0.4, -0.2) is 57.7 Å². The van der Waals surface area contributed by atoms with Gasteiger partial charge in [-0.1, -0.05) is 0 Å². The lowest BCUT2D eigenvalue weighted by molar-refractivity contribution is -0.251. The molecule has 0 bridgehead atoms. The van der Waals surface area contributed by atoms with Crippen LogP contribution in [0.5, 0.6) is 0 Å². The van der Waals surface area contributed by atoms with Crippen LogP contribution in [0.1, 0.15) is 0 Å². The van der Waals surface area contributed by atoms with Gasteiger partial charge in [-0.25, -0.2) is 4.84 Å². The maximum absolute atomic E-state index is 9.36. The third-order valence-electron chi connectivity index (χ3n) is 2.03. The highest BCUT2D eigenvalue weighted by Gasteiger charge is 2.43. The van der Waals surface area contributed by atoms with Crippen LogP contribution in [0, 0.1) is 0 Å². The summed E-state index contributed by atoms with van der Waals surface area (Å²) in [5.41, 5.74) is 0. The molecule has 1 saturated heterocycles. The summed E-state index contributed by atoms with van der Waals surface area (Å²) in [4.78, 5) is 2.08. The van der Waals surface area contributed by atoms with Crippen molar-refractivity contribution >= 4 is 11.8 Å². The molecule has 0 saturated carbocycles. The molecule has 0 radical (unpaired) electrons. The van der Waals surface area contributed by atoms with Crippen LogP contribution in [-0.2, 0) is 4.74 Å². The zero-order valence-electron chi connectivity index (χ0n) is 6.67. The summed E-state index contributed by atoms with van der Waals surface area (Å²) >= 11 is 5.20. The van der Waals surface area contributed by atoms with Gasteiger partial charge >= 0.3 is 0 Å². The molecule has 5 atom stereocenters. The molecule has 0 aromatic carbocycles. The largest absolute Gasteiger partial charge is 0.394 e. The topological polar surface area (TPSA) is 102 Å². The first kappa shape index (κ1) is 11.1. The van der Waals surface area contributed by atoms with E-state index >= 15 is 0 Å². The molecule has 3 unspecified atom stereocenters. The van der Waals surface area contributed by atoms with Crippen molar-refractivity contribution < 1.29 is 25.2 Å². The second-order valence-corrected chi connectivity index (χ2v) is 3.08. The van der Waals surface area contributed by atoms with E-state index in [9.17, 15) is 15.3 Å². The Kier molecular flexibility index (Phi) is 3.87. The molecule has 0 aliphatic carbocycles. The van der Waals surface area contributed by atoms with Crippen LogP contribution in [0.3, 0.4) is 0 Å². The normalized spacial score (nSPS) is 46.4. The Morgan fingerprint density at radius 3 is 2.31 bits per heavy atom. The Hall–Kier alpha value is 0.0500. The standard InChI is InChI=1S/C6H12ClNO5/c7-8-3-5(11)4(10)2(1-9)13-6(3)12/h2-6,8-12H,1H2/t2?,3-,4+,5?,6?/m1/s1. The lowest BCUT2D eigenvalue weighted by atomic mass is 9.98. The van der Waals surface area contributed by atoms with Crippen LogP contribution in [0.4, 0.5) is 0 Å².